The molecule has 1 rings (SSSR count). The second-order valence-electron chi connectivity index (χ2n) is 2.62. The number of hydrogen-bond acceptors (Lipinski definition) is 2. The van der Waals surface area contributed by atoms with Crippen molar-refractivity contribution in [3.63, 3.8) is 0 Å². The maximum absolute atomic E-state index is 5.49. The molecule has 0 saturated heterocycles. The Labute approximate surface area is 80.8 Å². The Morgan fingerprint density at radius 2 is 2.33 bits per heavy atom. The van der Waals surface area contributed by atoms with E-state index in [0.29, 0.717) is 6.54 Å². The normalized spacial score (nSPS) is 12.6. The Morgan fingerprint density at radius 3 is 2.92 bits per heavy atom. The predicted octanol–water partition coefficient (Wildman–Crippen LogP) is 2.18. The Bertz CT molecular complexity index is 252. The molecular weight excluding hydrogens is 218 g/mol. The van der Waals surface area contributed by atoms with Crippen molar-refractivity contribution in [1.82, 2.24) is 0 Å². The van der Waals surface area contributed by atoms with Crippen molar-refractivity contribution in [3.05, 3.63) is 28.7 Å². The van der Waals surface area contributed by atoms with Crippen LogP contribution in [0.15, 0.2) is 28.7 Å². The van der Waals surface area contributed by atoms with Crippen molar-refractivity contribution in [1.29, 1.82) is 0 Å². The van der Waals surface area contributed by atoms with Gasteiger partial charge in [-0.05, 0) is 25.1 Å². The van der Waals surface area contributed by atoms with Gasteiger partial charge in [0.2, 0.25) is 0 Å². The molecule has 0 aliphatic carbocycles. The highest BCUT2D eigenvalue weighted by Gasteiger charge is 2.00. The van der Waals surface area contributed by atoms with E-state index < -0.39 is 0 Å². The van der Waals surface area contributed by atoms with Crippen LogP contribution in [0.1, 0.15) is 6.92 Å². The van der Waals surface area contributed by atoms with Crippen molar-refractivity contribution in [2.75, 3.05) is 6.54 Å². The van der Waals surface area contributed by atoms with Crippen LogP contribution in [0.4, 0.5) is 0 Å². The lowest BCUT2D eigenvalue weighted by atomic mass is 10.3. The molecule has 0 spiro atoms. The quantitative estimate of drug-likeness (QED) is 0.863. The van der Waals surface area contributed by atoms with Gasteiger partial charge in [-0.15, -0.1) is 0 Å². The van der Waals surface area contributed by atoms with Crippen LogP contribution < -0.4 is 10.5 Å². The van der Waals surface area contributed by atoms with E-state index in [4.69, 9.17) is 10.5 Å². The van der Waals surface area contributed by atoms with E-state index in [1.54, 1.807) is 0 Å². The Morgan fingerprint density at radius 1 is 1.58 bits per heavy atom. The van der Waals surface area contributed by atoms with E-state index in [1.807, 2.05) is 31.2 Å². The molecule has 0 aliphatic heterocycles. The minimum absolute atomic E-state index is 0.0688. The highest BCUT2D eigenvalue weighted by molar-refractivity contribution is 9.10. The predicted molar refractivity (Wildman–Crippen MR) is 53.3 cm³/mol. The fourth-order valence-corrected chi connectivity index (χ4v) is 1.20. The average Bonchev–Trinajstić information content (AvgIpc) is 2.04. The molecular formula is C9H12BrNO. The molecule has 0 amide bonds. The zero-order valence-corrected chi connectivity index (χ0v) is 8.54. The molecule has 0 aliphatic rings. The van der Waals surface area contributed by atoms with E-state index in [0.717, 1.165) is 10.2 Å². The number of rotatable bonds is 3. The third-order valence-electron chi connectivity index (χ3n) is 1.47. The lowest BCUT2D eigenvalue weighted by Gasteiger charge is -2.11. The Hall–Kier alpha value is -0.540. The van der Waals surface area contributed by atoms with E-state index in [1.165, 1.54) is 0 Å². The first-order chi connectivity index (χ1) is 5.72. The van der Waals surface area contributed by atoms with Crippen LogP contribution in [-0.2, 0) is 0 Å². The molecule has 12 heavy (non-hydrogen) atoms. The maximum Gasteiger partial charge on any atom is 0.120 e. The van der Waals surface area contributed by atoms with Crippen LogP contribution in [-0.4, -0.2) is 12.6 Å². The highest BCUT2D eigenvalue weighted by Crippen LogP contribution is 2.18. The molecule has 66 valence electrons. The minimum Gasteiger partial charge on any atom is -0.489 e. The molecule has 1 atom stereocenters. The van der Waals surface area contributed by atoms with Gasteiger partial charge in [0, 0.05) is 11.0 Å². The van der Waals surface area contributed by atoms with Gasteiger partial charge in [-0.25, -0.2) is 0 Å². The van der Waals surface area contributed by atoms with Gasteiger partial charge < -0.3 is 10.5 Å². The smallest absolute Gasteiger partial charge is 0.120 e. The van der Waals surface area contributed by atoms with Gasteiger partial charge in [0.1, 0.15) is 11.9 Å². The second-order valence-corrected chi connectivity index (χ2v) is 3.54. The molecule has 1 aromatic rings. The Balaban J connectivity index is 2.63. The van der Waals surface area contributed by atoms with Crippen LogP contribution in [0.3, 0.4) is 0 Å². The fraction of sp³-hybridized carbons (Fsp3) is 0.333. The molecule has 0 bridgehead atoms. The second kappa shape index (κ2) is 4.48. The fourth-order valence-electron chi connectivity index (χ4n) is 0.821. The minimum atomic E-state index is 0.0688. The van der Waals surface area contributed by atoms with Crippen LogP contribution in [0, 0.1) is 0 Å². The Kier molecular flexibility index (Phi) is 3.56. The zero-order valence-electron chi connectivity index (χ0n) is 6.96. The summed E-state index contributed by atoms with van der Waals surface area (Å²) in [6.45, 7) is 2.48. The van der Waals surface area contributed by atoms with Crippen LogP contribution >= 0.6 is 15.9 Å². The summed E-state index contributed by atoms with van der Waals surface area (Å²) in [6.07, 6.45) is 0.0688. The highest BCUT2D eigenvalue weighted by atomic mass is 79.9. The molecule has 1 aromatic carbocycles. The van der Waals surface area contributed by atoms with E-state index in [9.17, 15) is 0 Å². The first kappa shape index (κ1) is 9.55. The van der Waals surface area contributed by atoms with Crippen LogP contribution in [0.25, 0.3) is 0 Å². The molecule has 0 aromatic heterocycles. The molecule has 3 heteroatoms. The van der Waals surface area contributed by atoms with Gasteiger partial charge in [0.25, 0.3) is 0 Å². The van der Waals surface area contributed by atoms with Gasteiger partial charge in [0.15, 0.2) is 0 Å². The topological polar surface area (TPSA) is 35.2 Å². The molecule has 2 nitrogen and oxygen atoms in total. The van der Waals surface area contributed by atoms with Crippen LogP contribution in [0.5, 0.6) is 5.75 Å². The van der Waals surface area contributed by atoms with Crippen molar-refractivity contribution in [2.24, 2.45) is 5.73 Å². The summed E-state index contributed by atoms with van der Waals surface area (Å²) in [5, 5.41) is 0. The standard InChI is InChI=1S/C9H12BrNO/c1-7(6-11)12-9-4-2-3-8(10)5-9/h2-5,7H,6,11H2,1H3/t7-/m1/s1. The summed E-state index contributed by atoms with van der Waals surface area (Å²) in [5.41, 5.74) is 5.42. The van der Waals surface area contributed by atoms with Crippen molar-refractivity contribution >= 4 is 15.9 Å². The van der Waals surface area contributed by atoms with Gasteiger partial charge in [0.05, 0.1) is 0 Å². The lowest BCUT2D eigenvalue weighted by molar-refractivity contribution is 0.230. The van der Waals surface area contributed by atoms with Crippen molar-refractivity contribution < 1.29 is 4.74 Å². The number of benzene rings is 1. The van der Waals surface area contributed by atoms with Crippen molar-refractivity contribution in [2.45, 2.75) is 13.0 Å². The number of ether oxygens (including phenoxy) is 1. The molecule has 0 saturated carbocycles. The first-order valence-corrected chi connectivity index (χ1v) is 4.64. The first-order valence-electron chi connectivity index (χ1n) is 3.84. The largest absolute Gasteiger partial charge is 0.489 e. The molecule has 0 radical (unpaired) electrons. The third-order valence-corrected chi connectivity index (χ3v) is 1.96. The summed E-state index contributed by atoms with van der Waals surface area (Å²) >= 11 is 3.36. The van der Waals surface area contributed by atoms with E-state index in [-0.39, 0.29) is 6.10 Å². The number of hydrogen-bond donors (Lipinski definition) is 1. The summed E-state index contributed by atoms with van der Waals surface area (Å²) in [7, 11) is 0. The van der Waals surface area contributed by atoms with Crippen LogP contribution in [0.2, 0.25) is 0 Å². The van der Waals surface area contributed by atoms with Gasteiger partial charge in [-0.3, -0.25) is 0 Å². The molecule has 0 heterocycles. The van der Waals surface area contributed by atoms with Gasteiger partial charge in [-0.2, -0.15) is 0 Å². The summed E-state index contributed by atoms with van der Waals surface area (Å²) in [6, 6.07) is 7.73. The van der Waals surface area contributed by atoms with Crippen molar-refractivity contribution in [3.8, 4) is 5.75 Å². The van der Waals surface area contributed by atoms with E-state index >= 15 is 0 Å². The van der Waals surface area contributed by atoms with E-state index in [2.05, 4.69) is 15.9 Å². The zero-order chi connectivity index (χ0) is 8.97. The monoisotopic (exact) mass is 229 g/mol. The summed E-state index contributed by atoms with van der Waals surface area (Å²) in [4.78, 5) is 0. The number of nitrogens with two attached hydrogens (primary N) is 1. The SMILES string of the molecule is C[C@H](CN)Oc1cccc(Br)c1. The maximum atomic E-state index is 5.49. The average molecular weight is 230 g/mol. The molecule has 0 unspecified atom stereocenters. The van der Waals surface area contributed by atoms with Gasteiger partial charge >= 0.3 is 0 Å². The molecule has 2 N–H and O–H groups in total. The summed E-state index contributed by atoms with van der Waals surface area (Å²) in [5.74, 6) is 0.849. The number of halogens is 1. The third kappa shape index (κ3) is 2.83. The summed E-state index contributed by atoms with van der Waals surface area (Å²) < 4.78 is 6.51. The molecule has 0 fully saturated rings. The lowest BCUT2D eigenvalue weighted by Crippen LogP contribution is -2.22. The van der Waals surface area contributed by atoms with Gasteiger partial charge in [-0.1, -0.05) is 22.0 Å².